The monoisotopic (exact) mass is 396 g/mol. The lowest BCUT2D eigenvalue weighted by Crippen LogP contribution is -2.35. The molecule has 0 radical (unpaired) electrons. The smallest absolute Gasteiger partial charge is 0.234 e. The minimum atomic E-state index is -3.32. The van der Waals surface area contributed by atoms with Gasteiger partial charge in [-0.15, -0.1) is 12.4 Å². The second kappa shape index (κ2) is 9.71. The molecule has 0 saturated carbocycles. The molecule has 2 N–H and O–H groups in total. The Bertz CT molecular complexity index is 836. The molecule has 142 valence electrons. The molecule has 5 nitrogen and oxygen atoms in total. The molecule has 7 heteroatoms. The van der Waals surface area contributed by atoms with Gasteiger partial charge in [0, 0.05) is 6.26 Å². The van der Waals surface area contributed by atoms with Gasteiger partial charge < -0.3 is 10.6 Å². The summed E-state index contributed by atoms with van der Waals surface area (Å²) in [5.41, 5.74) is 2.85. The number of halogens is 1. The van der Waals surface area contributed by atoms with Crippen molar-refractivity contribution in [1.29, 1.82) is 0 Å². The number of likely N-dealkylation sites (N-methyl/N-ethyl adjacent to an activating group) is 1. The highest BCUT2D eigenvalue weighted by molar-refractivity contribution is 7.90. The normalized spacial score (nSPS) is 12.1. The van der Waals surface area contributed by atoms with Gasteiger partial charge in [0.1, 0.15) is 0 Å². The summed E-state index contributed by atoms with van der Waals surface area (Å²) in [6.45, 7) is 2.27. The van der Waals surface area contributed by atoms with Crippen LogP contribution in [-0.2, 0) is 21.1 Å². The molecule has 0 spiro atoms. The van der Waals surface area contributed by atoms with E-state index in [1.807, 2.05) is 30.3 Å². The summed E-state index contributed by atoms with van der Waals surface area (Å²) in [6.07, 6.45) is 2.11. The van der Waals surface area contributed by atoms with Gasteiger partial charge in [0.25, 0.3) is 0 Å². The Kier molecular flexibility index (Phi) is 8.27. The maximum Gasteiger partial charge on any atom is 0.234 e. The van der Waals surface area contributed by atoms with Crippen molar-refractivity contribution in [3.05, 3.63) is 65.2 Å². The van der Waals surface area contributed by atoms with Gasteiger partial charge in [0.05, 0.1) is 17.5 Å². The number of aryl methyl sites for hydroxylation is 1. The second-order valence-electron chi connectivity index (χ2n) is 5.97. The zero-order valence-electron chi connectivity index (χ0n) is 15.2. The summed E-state index contributed by atoms with van der Waals surface area (Å²) in [4.78, 5) is 12.4. The Morgan fingerprint density at radius 2 is 1.73 bits per heavy atom. The molecule has 0 heterocycles. The van der Waals surface area contributed by atoms with Crippen LogP contribution in [0.1, 0.15) is 29.7 Å². The van der Waals surface area contributed by atoms with E-state index < -0.39 is 15.9 Å². The molecular formula is C19H25ClN2O3S. The number of benzene rings is 2. The Balaban J connectivity index is 0.00000338. The largest absolute Gasteiger partial charge is 0.344 e. The number of hydrogen-bond acceptors (Lipinski definition) is 4. The lowest BCUT2D eigenvalue weighted by molar-refractivity contribution is -0.120. The van der Waals surface area contributed by atoms with Crippen LogP contribution in [0.15, 0.2) is 53.4 Å². The molecule has 2 rings (SSSR count). The first-order valence-electron chi connectivity index (χ1n) is 8.18. The van der Waals surface area contributed by atoms with Crippen LogP contribution in [-0.4, -0.2) is 34.2 Å². The molecule has 0 aliphatic heterocycles. The van der Waals surface area contributed by atoms with Crippen molar-refractivity contribution in [2.24, 2.45) is 0 Å². The summed E-state index contributed by atoms with van der Waals surface area (Å²) < 4.78 is 23.7. The van der Waals surface area contributed by atoms with Crippen molar-refractivity contribution in [2.75, 3.05) is 19.8 Å². The van der Waals surface area contributed by atoms with Gasteiger partial charge in [-0.3, -0.25) is 4.79 Å². The van der Waals surface area contributed by atoms with Crippen LogP contribution in [0.5, 0.6) is 0 Å². The van der Waals surface area contributed by atoms with Gasteiger partial charge in [-0.05, 0) is 42.3 Å². The van der Waals surface area contributed by atoms with E-state index in [1.165, 1.54) is 11.8 Å². The van der Waals surface area contributed by atoms with Crippen LogP contribution < -0.4 is 10.6 Å². The number of hydrogen-bond donors (Lipinski definition) is 2. The van der Waals surface area contributed by atoms with Gasteiger partial charge >= 0.3 is 0 Å². The van der Waals surface area contributed by atoms with E-state index in [2.05, 4.69) is 17.6 Å². The fourth-order valence-electron chi connectivity index (χ4n) is 2.60. The highest BCUT2D eigenvalue weighted by Gasteiger charge is 2.18. The summed E-state index contributed by atoms with van der Waals surface area (Å²) in [5, 5.41) is 5.79. The van der Waals surface area contributed by atoms with Crippen LogP contribution in [0, 0.1) is 0 Å². The lowest BCUT2D eigenvalue weighted by Gasteiger charge is -2.21. The Labute approximate surface area is 161 Å². The van der Waals surface area contributed by atoms with Gasteiger partial charge in [-0.25, -0.2) is 8.42 Å². The highest BCUT2D eigenvalue weighted by atomic mass is 35.5. The van der Waals surface area contributed by atoms with Crippen molar-refractivity contribution in [3.63, 3.8) is 0 Å². The number of amides is 1. The van der Waals surface area contributed by atoms with Crippen molar-refractivity contribution < 1.29 is 13.2 Å². The Morgan fingerprint density at radius 1 is 1.08 bits per heavy atom. The molecule has 2 aromatic rings. The van der Waals surface area contributed by atoms with Crippen molar-refractivity contribution in [3.8, 4) is 0 Å². The first-order valence-corrected chi connectivity index (χ1v) is 10.1. The van der Waals surface area contributed by atoms with Gasteiger partial charge in [-0.1, -0.05) is 43.3 Å². The van der Waals surface area contributed by atoms with E-state index in [4.69, 9.17) is 0 Å². The molecule has 26 heavy (non-hydrogen) atoms. The maximum absolute atomic E-state index is 12.1. The zero-order valence-corrected chi connectivity index (χ0v) is 16.8. The van der Waals surface area contributed by atoms with E-state index >= 15 is 0 Å². The third-order valence-corrected chi connectivity index (χ3v) is 5.09. The second-order valence-corrected chi connectivity index (χ2v) is 7.99. The number of nitrogens with one attached hydrogen (secondary N) is 2. The molecule has 0 bridgehead atoms. The molecule has 0 aromatic heterocycles. The van der Waals surface area contributed by atoms with E-state index in [-0.39, 0.29) is 29.8 Å². The van der Waals surface area contributed by atoms with Crippen LogP contribution >= 0.6 is 12.4 Å². The van der Waals surface area contributed by atoms with Gasteiger partial charge in [0.2, 0.25) is 5.91 Å². The quantitative estimate of drug-likeness (QED) is 0.754. The molecule has 1 atom stereocenters. The average Bonchev–Trinajstić information content (AvgIpc) is 2.59. The maximum atomic E-state index is 12.1. The van der Waals surface area contributed by atoms with Gasteiger partial charge in [-0.2, -0.15) is 0 Å². The molecule has 0 fully saturated rings. The number of carbonyl (C=O) groups excluding carboxylic acids is 1. The molecule has 0 aliphatic rings. The van der Waals surface area contributed by atoms with E-state index in [1.54, 1.807) is 25.2 Å². The molecule has 0 saturated heterocycles. The number of rotatable bonds is 7. The fraction of sp³-hybridized carbons (Fsp3) is 0.316. The molecule has 1 unspecified atom stereocenters. The predicted molar refractivity (Wildman–Crippen MR) is 107 cm³/mol. The summed E-state index contributed by atoms with van der Waals surface area (Å²) >= 11 is 0. The highest BCUT2D eigenvalue weighted by Crippen LogP contribution is 2.25. The Hall–Kier alpha value is -1.89. The minimum Gasteiger partial charge on any atom is -0.344 e. The SMILES string of the molecule is CCc1ccc(C(NC(=O)CNC)c2cccc(S(C)(=O)=O)c2)cc1.Cl. The summed E-state index contributed by atoms with van der Waals surface area (Å²) in [6, 6.07) is 14.3. The van der Waals surface area contributed by atoms with Crippen molar-refractivity contribution >= 4 is 28.2 Å². The first-order chi connectivity index (χ1) is 11.8. The minimum absolute atomic E-state index is 0. The third-order valence-electron chi connectivity index (χ3n) is 3.98. The number of carbonyl (C=O) groups is 1. The van der Waals surface area contributed by atoms with Crippen LogP contribution in [0.25, 0.3) is 0 Å². The van der Waals surface area contributed by atoms with E-state index in [0.29, 0.717) is 0 Å². The van der Waals surface area contributed by atoms with Crippen molar-refractivity contribution in [2.45, 2.75) is 24.3 Å². The topological polar surface area (TPSA) is 75.3 Å². The predicted octanol–water partition coefficient (Wildman–Crippen LogP) is 2.50. The number of sulfone groups is 1. The molecule has 1 amide bonds. The first kappa shape index (κ1) is 22.2. The summed E-state index contributed by atoms with van der Waals surface area (Å²) in [7, 11) is -1.61. The van der Waals surface area contributed by atoms with Gasteiger partial charge in [0.15, 0.2) is 9.84 Å². The molecule has 2 aromatic carbocycles. The van der Waals surface area contributed by atoms with E-state index in [9.17, 15) is 13.2 Å². The third kappa shape index (κ3) is 5.83. The van der Waals surface area contributed by atoms with Crippen LogP contribution in [0.2, 0.25) is 0 Å². The van der Waals surface area contributed by atoms with Crippen molar-refractivity contribution in [1.82, 2.24) is 10.6 Å². The fourth-order valence-corrected chi connectivity index (χ4v) is 3.28. The lowest BCUT2D eigenvalue weighted by atomic mass is 9.97. The average molecular weight is 397 g/mol. The van der Waals surface area contributed by atoms with E-state index in [0.717, 1.165) is 17.5 Å². The Morgan fingerprint density at radius 3 is 2.27 bits per heavy atom. The molecule has 0 aliphatic carbocycles. The van der Waals surface area contributed by atoms with Crippen LogP contribution in [0.3, 0.4) is 0 Å². The molecular weight excluding hydrogens is 372 g/mol. The zero-order chi connectivity index (χ0) is 18.4. The standard InChI is InChI=1S/C19H24N2O3S.ClH/c1-4-14-8-10-15(11-9-14)19(21-18(22)13-20-2)16-6-5-7-17(12-16)25(3,23)24;/h5-12,19-20H,4,13H2,1-3H3,(H,21,22);1H. The van der Waals surface area contributed by atoms with Crippen LogP contribution in [0.4, 0.5) is 0 Å². The summed E-state index contributed by atoms with van der Waals surface area (Å²) in [5.74, 6) is -0.156.